The van der Waals surface area contributed by atoms with Crippen molar-refractivity contribution < 1.29 is 23.8 Å². The first-order chi connectivity index (χ1) is 11.1. The monoisotopic (exact) mass is 320 g/mol. The minimum Gasteiger partial charge on any atom is -0.501 e. The number of nitrogens with zero attached hydrogens (tertiary/aromatic N) is 2. The van der Waals surface area contributed by atoms with Gasteiger partial charge < -0.3 is 14.6 Å². The van der Waals surface area contributed by atoms with Gasteiger partial charge in [0.2, 0.25) is 5.69 Å². The molecule has 1 aromatic heterocycles. The lowest BCUT2D eigenvalue weighted by atomic mass is 10.1. The molecule has 0 aliphatic rings. The molecular formula is C16H17FN2O4. The third-order valence-corrected chi connectivity index (χ3v) is 2.93. The van der Waals surface area contributed by atoms with Crippen LogP contribution >= 0.6 is 0 Å². The van der Waals surface area contributed by atoms with E-state index in [0.717, 1.165) is 0 Å². The van der Waals surface area contributed by atoms with Crippen molar-refractivity contribution >= 4 is 12.0 Å². The maximum absolute atomic E-state index is 13.5. The zero-order chi connectivity index (χ0) is 16.8. The van der Waals surface area contributed by atoms with Crippen LogP contribution in [0.2, 0.25) is 0 Å². The van der Waals surface area contributed by atoms with E-state index in [-0.39, 0.29) is 11.4 Å². The van der Waals surface area contributed by atoms with E-state index in [2.05, 4.69) is 5.10 Å². The second-order valence-corrected chi connectivity index (χ2v) is 4.49. The first-order valence-corrected chi connectivity index (χ1v) is 7.10. The summed E-state index contributed by atoms with van der Waals surface area (Å²) in [4.78, 5) is 11.2. The fourth-order valence-corrected chi connectivity index (χ4v) is 1.98. The normalized spacial score (nSPS) is 10.9. The fourth-order valence-electron chi connectivity index (χ4n) is 1.98. The highest BCUT2D eigenvalue weighted by atomic mass is 19.1. The van der Waals surface area contributed by atoms with E-state index >= 15 is 0 Å². The third kappa shape index (κ3) is 3.88. The smallest absolute Gasteiger partial charge is 0.360 e. The van der Waals surface area contributed by atoms with E-state index in [4.69, 9.17) is 9.47 Å². The lowest BCUT2D eigenvalue weighted by Gasteiger charge is -2.06. The Morgan fingerprint density at radius 2 is 2.17 bits per heavy atom. The molecule has 1 heterocycles. The Bertz CT molecular complexity index is 725. The first-order valence-electron chi connectivity index (χ1n) is 7.10. The number of carboxylic acids is 1. The van der Waals surface area contributed by atoms with Crippen molar-refractivity contribution in [2.24, 2.45) is 0 Å². The molecule has 1 aromatic carbocycles. The van der Waals surface area contributed by atoms with Crippen molar-refractivity contribution in [3.63, 3.8) is 0 Å². The number of rotatable bonds is 7. The van der Waals surface area contributed by atoms with Gasteiger partial charge >= 0.3 is 5.97 Å². The molecule has 0 aliphatic carbocycles. The van der Waals surface area contributed by atoms with E-state index in [9.17, 15) is 14.3 Å². The first kappa shape index (κ1) is 16.5. The number of hydrogen-bond donors (Lipinski definition) is 1. The molecule has 0 spiro atoms. The van der Waals surface area contributed by atoms with Gasteiger partial charge in [-0.1, -0.05) is 0 Å². The lowest BCUT2D eigenvalue weighted by Crippen LogP contribution is -2.03. The minimum absolute atomic E-state index is 0.157. The Kier molecular flexibility index (Phi) is 5.35. The summed E-state index contributed by atoms with van der Waals surface area (Å²) < 4.78 is 25.2. The van der Waals surface area contributed by atoms with Crippen LogP contribution in [0.25, 0.3) is 11.8 Å². The average molecular weight is 320 g/mol. The quantitative estimate of drug-likeness (QED) is 0.794. The van der Waals surface area contributed by atoms with Crippen LogP contribution in [0.4, 0.5) is 4.39 Å². The Hall–Kier alpha value is -2.83. The summed E-state index contributed by atoms with van der Waals surface area (Å²) in [6.45, 7) is 4.38. The zero-order valence-corrected chi connectivity index (χ0v) is 12.8. The topological polar surface area (TPSA) is 73.6 Å². The molecule has 1 N–H and O–H groups in total. The van der Waals surface area contributed by atoms with Crippen molar-refractivity contribution in [1.29, 1.82) is 0 Å². The Morgan fingerprint density at radius 1 is 1.39 bits per heavy atom. The van der Waals surface area contributed by atoms with Crippen LogP contribution in [-0.4, -0.2) is 34.1 Å². The van der Waals surface area contributed by atoms with E-state index in [1.807, 2.05) is 6.92 Å². The summed E-state index contributed by atoms with van der Waals surface area (Å²) in [5.74, 6) is -1.45. The number of hydrogen-bond acceptors (Lipinski definition) is 4. The van der Waals surface area contributed by atoms with E-state index in [0.29, 0.717) is 24.5 Å². The molecule has 122 valence electrons. The molecule has 23 heavy (non-hydrogen) atoms. The highest BCUT2D eigenvalue weighted by molar-refractivity contribution is 5.88. The maximum Gasteiger partial charge on any atom is 0.360 e. The largest absolute Gasteiger partial charge is 0.501 e. The van der Waals surface area contributed by atoms with Crippen molar-refractivity contribution in [2.75, 3.05) is 13.2 Å². The predicted molar refractivity (Wildman–Crippen MR) is 82.3 cm³/mol. The molecule has 6 nitrogen and oxygen atoms in total. The van der Waals surface area contributed by atoms with E-state index in [1.54, 1.807) is 13.0 Å². The Morgan fingerprint density at radius 3 is 2.83 bits per heavy atom. The van der Waals surface area contributed by atoms with Crippen molar-refractivity contribution in [1.82, 2.24) is 9.78 Å². The zero-order valence-electron chi connectivity index (χ0n) is 12.8. The molecule has 0 radical (unpaired) electrons. The van der Waals surface area contributed by atoms with Gasteiger partial charge in [-0.15, -0.1) is 0 Å². The molecule has 0 fully saturated rings. The van der Waals surface area contributed by atoms with Crippen molar-refractivity contribution in [2.45, 2.75) is 13.8 Å². The molecule has 7 heteroatoms. The highest BCUT2D eigenvalue weighted by Crippen LogP contribution is 2.23. The number of aromatic carboxylic acids is 1. The summed E-state index contributed by atoms with van der Waals surface area (Å²) in [5, 5.41) is 13.2. The molecule has 0 amide bonds. The summed E-state index contributed by atoms with van der Waals surface area (Å²) in [5.41, 5.74) is 0.813. The van der Waals surface area contributed by atoms with Gasteiger partial charge in [0.05, 0.1) is 31.4 Å². The molecule has 0 bridgehead atoms. The Labute approximate surface area is 132 Å². The second-order valence-electron chi connectivity index (χ2n) is 4.49. The fraction of sp³-hybridized carbons (Fsp3) is 0.250. The van der Waals surface area contributed by atoms with Crippen LogP contribution in [-0.2, 0) is 4.74 Å². The number of carboxylic acid groups (broad SMARTS) is 1. The Balaban J connectivity index is 2.49. The number of ether oxygens (including phenoxy) is 2. The third-order valence-electron chi connectivity index (χ3n) is 2.93. The van der Waals surface area contributed by atoms with Crippen LogP contribution in [0.5, 0.6) is 5.75 Å². The molecule has 0 unspecified atom stereocenters. The van der Waals surface area contributed by atoms with Crippen LogP contribution in [0, 0.1) is 5.82 Å². The lowest BCUT2D eigenvalue weighted by molar-refractivity contribution is 0.0685. The number of benzene rings is 1. The van der Waals surface area contributed by atoms with Gasteiger partial charge in [0.15, 0.2) is 5.75 Å². The van der Waals surface area contributed by atoms with Crippen LogP contribution in [0.3, 0.4) is 0 Å². The minimum atomic E-state index is -1.19. The van der Waals surface area contributed by atoms with E-state index in [1.165, 1.54) is 35.3 Å². The molecule has 0 atom stereocenters. The van der Waals surface area contributed by atoms with E-state index < -0.39 is 11.8 Å². The standard InChI is InChI=1S/C16H17FN2O4/c1-3-22-8-7-11-9-12(17)5-6-13(11)19-10-14(23-4-2)15(18-19)16(20)21/h5-10H,3-4H2,1-2H3,(H,20,21)/b8-7-. The van der Waals surface area contributed by atoms with Crippen LogP contribution in [0.1, 0.15) is 29.9 Å². The van der Waals surface area contributed by atoms with Gasteiger partial charge in [0.1, 0.15) is 5.82 Å². The maximum atomic E-state index is 13.5. The van der Waals surface area contributed by atoms with Crippen LogP contribution < -0.4 is 4.74 Å². The molecule has 0 aliphatic heterocycles. The van der Waals surface area contributed by atoms with Crippen molar-refractivity contribution in [3.05, 3.63) is 47.7 Å². The van der Waals surface area contributed by atoms with Gasteiger partial charge in [-0.2, -0.15) is 5.10 Å². The summed E-state index contributed by atoms with van der Waals surface area (Å²) in [6.07, 6.45) is 4.49. The highest BCUT2D eigenvalue weighted by Gasteiger charge is 2.18. The molecule has 2 rings (SSSR count). The molecular weight excluding hydrogens is 303 g/mol. The number of aromatic nitrogens is 2. The van der Waals surface area contributed by atoms with Gasteiger partial charge in [-0.05, 0) is 38.1 Å². The van der Waals surface area contributed by atoms with Gasteiger partial charge in [-0.3, -0.25) is 0 Å². The number of halogens is 1. The summed E-state index contributed by atoms with van der Waals surface area (Å²) in [6, 6.07) is 4.10. The average Bonchev–Trinajstić information content (AvgIpc) is 2.92. The number of carbonyl (C=O) groups is 1. The summed E-state index contributed by atoms with van der Waals surface area (Å²) >= 11 is 0. The predicted octanol–water partition coefficient (Wildman–Crippen LogP) is 3.12. The van der Waals surface area contributed by atoms with Gasteiger partial charge in [0, 0.05) is 5.56 Å². The van der Waals surface area contributed by atoms with Gasteiger partial charge in [-0.25, -0.2) is 13.9 Å². The van der Waals surface area contributed by atoms with Crippen molar-refractivity contribution in [3.8, 4) is 11.4 Å². The molecule has 0 saturated heterocycles. The van der Waals surface area contributed by atoms with Crippen LogP contribution in [0.15, 0.2) is 30.7 Å². The second kappa shape index (κ2) is 7.44. The summed E-state index contributed by atoms with van der Waals surface area (Å²) in [7, 11) is 0. The SMILES string of the molecule is CCO/C=C\c1cc(F)ccc1-n1cc(OCC)c(C(=O)O)n1. The molecule has 2 aromatic rings. The van der Waals surface area contributed by atoms with Gasteiger partial charge in [0.25, 0.3) is 0 Å². The molecule has 0 saturated carbocycles.